The van der Waals surface area contributed by atoms with Crippen LogP contribution in [0.3, 0.4) is 0 Å². The Balaban J connectivity index is 1.22. The van der Waals surface area contributed by atoms with E-state index in [-0.39, 0.29) is 22.8 Å². The highest BCUT2D eigenvalue weighted by Gasteiger charge is 2.50. The van der Waals surface area contributed by atoms with Gasteiger partial charge >= 0.3 is 5.97 Å². The summed E-state index contributed by atoms with van der Waals surface area (Å²) in [6.07, 6.45) is 2.73. The molecule has 43 heavy (non-hydrogen) atoms. The van der Waals surface area contributed by atoms with E-state index in [9.17, 15) is 19.8 Å². The van der Waals surface area contributed by atoms with Crippen LogP contribution in [0.5, 0.6) is 0 Å². The van der Waals surface area contributed by atoms with E-state index in [2.05, 4.69) is 76.0 Å². The molecule has 6 heteroatoms. The van der Waals surface area contributed by atoms with Crippen molar-refractivity contribution in [3.63, 3.8) is 0 Å². The molecule has 1 fully saturated rings. The van der Waals surface area contributed by atoms with Gasteiger partial charge in [-0.1, -0.05) is 62.4 Å². The number of hydrogen-bond acceptors (Lipinski definition) is 4. The molecule has 2 N–H and O–H groups in total. The molecule has 218 valence electrons. The number of ketones is 1. The quantitative estimate of drug-likeness (QED) is 0.349. The zero-order valence-electron chi connectivity index (χ0n) is 25.4. The van der Waals surface area contributed by atoms with Gasteiger partial charge in [-0.05, 0) is 82.9 Å². The normalized spacial score (nSPS) is 27.1. The van der Waals surface area contributed by atoms with Gasteiger partial charge in [0.25, 0.3) is 0 Å². The van der Waals surface area contributed by atoms with Crippen molar-refractivity contribution in [2.45, 2.75) is 50.7 Å². The summed E-state index contributed by atoms with van der Waals surface area (Å²) in [7, 11) is 4.10. The highest BCUT2D eigenvalue weighted by atomic mass is 16.4. The zero-order valence-corrected chi connectivity index (χ0v) is 25.4. The molecule has 4 atom stereocenters. The van der Waals surface area contributed by atoms with Crippen molar-refractivity contribution in [3.05, 3.63) is 107 Å². The second kappa shape index (κ2) is 9.12. The maximum atomic E-state index is 13.7. The molecule has 1 aliphatic carbocycles. The van der Waals surface area contributed by atoms with Crippen LogP contribution in [0.1, 0.15) is 49.2 Å². The number of aromatic carboxylic acids is 1. The third kappa shape index (κ3) is 3.73. The number of allylic oxidation sites excluding steroid dienone is 1. The average molecular weight is 573 g/mol. The van der Waals surface area contributed by atoms with Crippen molar-refractivity contribution in [3.8, 4) is 0 Å². The molecule has 0 radical (unpaired) electrons. The van der Waals surface area contributed by atoms with Crippen LogP contribution in [0.2, 0.25) is 0 Å². The summed E-state index contributed by atoms with van der Waals surface area (Å²) in [5.74, 6) is -1.78. The zero-order chi connectivity index (χ0) is 30.6. The molecule has 0 bridgehead atoms. The Hall–Kier alpha value is -4.26. The summed E-state index contributed by atoms with van der Waals surface area (Å²) in [5.41, 5.74) is 5.39. The Labute approximate surface area is 251 Å². The minimum absolute atomic E-state index is 0.0331. The molecule has 7 rings (SSSR count). The Bertz CT molecular complexity index is 1950. The second-order valence-corrected chi connectivity index (χ2v) is 13.5. The van der Waals surface area contributed by atoms with Crippen LogP contribution in [0, 0.1) is 5.92 Å². The van der Waals surface area contributed by atoms with E-state index >= 15 is 0 Å². The first-order chi connectivity index (χ1) is 20.3. The SMILES string of the molecule is CN1C(=CC2C(=O)C(=CC3[NH+](C)c4ccc5ccccc5c4C3(C)C)C2[O-])C(C)(C)c2c1ccc1cc(C(=O)O)ccc21. The first-order valence-corrected chi connectivity index (χ1v) is 14.9. The van der Waals surface area contributed by atoms with Crippen molar-refractivity contribution in [1.82, 2.24) is 0 Å². The molecule has 1 saturated carbocycles. The van der Waals surface area contributed by atoms with Gasteiger partial charge in [-0.15, -0.1) is 0 Å². The van der Waals surface area contributed by atoms with Crippen LogP contribution in [-0.2, 0) is 15.6 Å². The summed E-state index contributed by atoms with van der Waals surface area (Å²) in [5, 5.41) is 27.4. The Morgan fingerprint density at radius 3 is 2.35 bits per heavy atom. The molecular formula is C37H36N2O4. The Morgan fingerprint density at radius 2 is 1.63 bits per heavy atom. The highest BCUT2D eigenvalue weighted by molar-refractivity contribution is 6.07. The fourth-order valence-corrected chi connectivity index (χ4v) is 8.13. The third-order valence-electron chi connectivity index (χ3n) is 10.4. The molecule has 0 aromatic heterocycles. The molecule has 4 aromatic rings. The van der Waals surface area contributed by atoms with Gasteiger partial charge < -0.3 is 15.1 Å². The average Bonchev–Trinajstić information content (AvgIpc) is 3.30. The van der Waals surface area contributed by atoms with E-state index in [1.807, 2.05) is 37.4 Å². The van der Waals surface area contributed by atoms with Gasteiger partial charge in [0.1, 0.15) is 11.7 Å². The smallest absolute Gasteiger partial charge is 0.335 e. The largest absolute Gasteiger partial charge is 0.848 e. The van der Waals surface area contributed by atoms with E-state index in [0.29, 0.717) is 5.57 Å². The predicted molar refractivity (Wildman–Crippen MR) is 168 cm³/mol. The first kappa shape index (κ1) is 27.6. The van der Waals surface area contributed by atoms with E-state index in [0.717, 1.165) is 27.7 Å². The van der Waals surface area contributed by atoms with Crippen LogP contribution < -0.4 is 14.9 Å². The minimum Gasteiger partial charge on any atom is -0.848 e. The number of carbonyl (C=O) groups excluding carboxylic acids is 1. The third-order valence-corrected chi connectivity index (χ3v) is 10.4. The predicted octanol–water partition coefficient (Wildman–Crippen LogP) is 4.66. The maximum Gasteiger partial charge on any atom is 0.335 e. The number of Topliss-reactive ketones (excluding diaryl/α,β-unsaturated/α-hetero) is 1. The number of anilines is 1. The summed E-state index contributed by atoms with van der Waals surface area (Å²) in [4.78, 5) is 28.5. The Morgan fingerprint density at radius 1 is 0.930 bits per heavy atom. The molecule has 2 aliphatic heterocycles. The summed E-state index contributed by atoms with van der Waals surface area (Å²) in [6.45, 7) is 8.64. The van der Waals surface area contributed by atoms with Crippen molar-refractivity contribution >= 4 is 44.7 Å². The number of carboxylic acids is 1. The van der Waals surface area contributed by atoms with Gasteiger partial charge in [-0.2, -0.15) is 0 Å². The lowest BCUT2D eigenvalue weighted by atomic mass is 9.70. The number of benzene rings is 4. The lowest BCUT2D eigenvalue weighted by molar-refractivity contribution is -0.828. The highest BCUT2D eigenvalue weighted by Crippen LogP contribution is 2.51. The number of carboxylic acid groups (broad SMARTS) is 1. The topological polar surface area (TPSA) is 85.1 Å². The lowest BCUT2D eigenvalue weighted by Crippen LogP contribution is -3.07. The molecular weight excluding hydrogens is 536 g/mol. The fraction of sp³-hybridized carbons (Fsp3) is 0.297. The van der Waals surface area contributed by atoms with Gasteiger partial charge in [0.05, 0.1) is 18.0 Å². The molecule has 4 aromatic carbocycles. The van der Waals surface area contributed by atoms with Crippen molar-refractivity contribution < 1.29 is 24.7 Å². The van der Waals surface area contributed by atoms with Gasteiger partial charge in [-0.25, -0.2) is 4.79 Å². The number of nitrogens with one attached hydrogen (secondary N) is 1. The van der Waals surface area contributed by atoms with Crippen LogP contribution in [0.25, 0.3) is 21.5 Å². The van der Waals surface area contributed by atoms with Gasteiger partial charge in [-0.3, -0.25) is 9.69 Å². The van der Waals surface area contributed by atoms with Crippen LogP contribution >= 0.6 is 0 Å². The number of rotatable bonds is 3. The number of quaternary nitrogens is 1. The molecule has 3 aliphatic rings. The number of likely N-dealkylation sites (N-methyl/N-ethyl adjacent to an activating group) is 2. The van der Waals surface area contributed by atoms with Crippen molar-refractivity contribution in [1.29, 1.82) is 0 Å². The molecule has 0 amide bonds. The molecule has 2 heterocycles. The molecule has 4 unspecified atom stereocenters. The first-order valence-electron chi connectivity index (χ1n) is 14.9. The number of fused-ring (bicyclic) bond motifs is 6. The molecule has 6 nitrogen and oxygen atoms in total. The van der Waals surface area contributed by atoms with E-state index in [1.165, 1.54) is 26.9 Å². The monoisotopic (exact) mass is 572 g/mol. The van der Waals surface area contributed by atoms with Crippen molar-refractivity contribution in [2.75, 3.05) is 19.0 Å². The standard InChI is InChI=1S/C37H35N2O4/c1-36(2)29(38(5)27-15-12-20-9-7-8-10-23(20)31(27)36)18-25-33(40)26(34(25)41)19-30-37(3,4)32-24-14-11-22(35(42)43)17-21(24)13-16-28(32)39(30)6/h7-19,26,29,33H,1-6H3,(H,42,43)/q-1/p+1. The molecule has 0 spiro atoms. The van der Waals surface area contributed by atoms with E-state index in [1.54, 1.807) is 12.1 Å². The number of carbonyl (C=O) groups is 2. The van der Waals surface area contributed by atoms with Crippen LogP contribution in [0.4, 0.5) is 11.4 Å². The number of hydrogen-bond donors (Lipinski definition) is 2. The van der Waals surface area contributed by atoms with E-state index < -0.39 is 23.4 Å². The second-order valence-electron chi connectivity index (χ2n) is 13.5. The van der Waals surface area contributed by atoms with Crippen LogP contribution in [-0.4, -0.2) is 43.1 Å². The van der Waals surface area contributed by atoms with Gasteiger partial charge in [0.15, 0.2) is 5.78 Å². The summed E-state index contributed by atoms with van der Waals surface area (Å²) >= 11 is 0. The molecule has 0 saturated heterocycles. The summed E-state index contributed by atoms with van der Waals surface area (Å²) in [6, 6.07) is 21.8. The Kier molecular flexibility index (Phi) is 5.85. The minimum atomic E-state index is -1.12. The van der Waals surface area contributed by atoms with Crippen LogP contribution in [0.15, 0.2) is 90.2 Å². The van der Waals surface area contributed by atoms with E-state index in [4.69, 9.17) is 0 Å². The summed E-state index contributed by atoms with van der Waals surface area (Å²) < 4.78 is 0. The maximum absolute atomic E-state index is 13.7. The lowest BCUT2D eigenvalue weighted by Gasteiger charge is -2.43. The van der Waals surface area contributed by atoms with Gasteiger partial charge in [0.2, 0.25) is 0 Å². The fourth-order valence-electron chi connectivity index (χ4n) is 8.13. The van der Waals surface area contributed by atoms with Crippen molar-refractivity contribution in [2.24, 2.45) is 5.92 Å². The number of nitrogens with zero attached hydrogens (tertiary/aromatic N) is 1. The van der Waals surface area contributed by atoms with Gasteiger partial charge in [0, 0.05) is 35.3 Å².